The minimum Gasteiger partial charge on any atom is -0.485 e. The molecule has 2 aromatic rings. The number of carbonyl (C=O) groups is 1. The summed E-state index contributed by atoms with van der Waals surface area (Å²) in [4.78, 5) is 12.0. The lowest BCUT2D eigenvalue weighted by Gasteiger charge is -2.10. The number of rotatable bonds is 6. The van der Waals surface area contributed by atoms with Crippen LogP contribution in [0.15, 0.2) is 54.6 Å². The zero-order chi connectivity index (χ0) is 14.4. The van der Waals surface area contributed by atoms with E-state index in [1.807, 2.05) is 6.07 Å². The van der Waals surface area contributed by atoms with E-state index in [1.54, 1.807) is 30.3 Å². The van der Waals surface area contributed by atoms with E-state index in [1.165, 1.54) is 18.2 Å². The summed E-state index contributed by atoms with van der Waals surface area (Å²) in [6, 6.07) is 14.6. The Kier molecular flexibility index (Phi) is 4.65. The van der Waals surface area contributed by atoms with Crippen LogP contribution >= 0.6 is 0 Å². The third-order valence-electron chi connectivity index (χ3n) is 2.52. The first-order chi connectivity index (χ1) is 9.66. The molecule has 0 aliphatic carbocycles. The summed E-state index contributed by atoms with van der Waals surface area (Å²) in [5.74, 6) is -0.0395. The molecule has 0 saturated carbocycles. The molecule has 104 valence electrons. The largest absolute Gasteiger partial charge is 0.485 e. The Balaban J connectivity index is 2.05. The number of ether oxygens (including phenoxy) is 2. The van der Waals surface area contributed by atoms with Gasteiger partial charge in [0.2, 0.25) is 5.78 Å². The van der Waals surface area contributed by atoms with Gasteiger partial charge in [0, 0.05) is 0 Å². The van der Waals surface area contributed by atoms with Crippen LogP contribution in [0, 0.1) is 0 Å². The lowest BCUT2D eigenvalue weighted by Crippen LogP contribution is -2.14. The number of hydrogen-bond donors (Lipinski definition) is 0. The zero-order valence-corrected chi connectivity index (χ0v) is 10.5. The number of carbonyl (C=O) groups excluding carboxylic acids is 1. The highest BCUT2D eigenvalue weighted by atomic mass is 19.3. The SMILES string of the molecule is O=C(COc1ccccc1)c1ccccc1OC(F)F. The number of Topliss-reactive ketones (excluding diaryl/α,β-unsaturated/α-hetero) is 1. The maximum absolute atomic E-state index is 12.2. The van der Waals surface area contributed by atoms with Crippen molar-refractivity contribution in [2.75, 3.05) is 6.61 Å². The molecule has 2 aromatic carbocycles. The standard InChI is InChI=1S/C15H12F2O3/c16-15(17)20-14-9-5-4-8-12(14)13(18)10-19-11-6-2-1-3-7-11/h1-9,15H,10H2. The van der Waals surface area contributed by atoms with Crippen LogP contribution in [0.3, 0.4) is 0 Å². The Bertz CT molecular complexity index is 570. The number of benzene rings is 2. The summed E-state index contributed by atoms with van der Waals surface area (Å²) in [7, 11) is 0. The molecular weight excluding hydrogens is 266 g/mol. The third kappa shape index (κ3) is 3.78. The Morgan fingerprint density at radius 1 is 1.00 bits per heavy atom. The van der Waals surface area contributed by atoms with Crippen LogP contribution in [0.25, 0.3) is 0 Å². The number of halogens is 2. The van der Waals surface area contributed by atoms with E-state index >= 15 is 0 Å². The Labute approximate surface area is 114 Å². The molecule has 0 aliphatic rings. The summed E-state index contributed by atoms with van der Waals surface area (Å²) in [5, 5.41) is 0. The fourth-order valence-electron chi connectivity index (χ4n) is 1.64. The molecule has 0 radical (unpaired) electrons. The van der Waals surface area contributed by atoms with Crippen molar-refractivity contribution in [1.82, 2.24) is 0 Å². The van der Waals surface area contributed by atoms with Crippen molar-refractivity contribution in [1.29, 1.82) is 0 Å². The smallest absolute Gasteiger partial charge is 0.387 e. The number of para-hydroxylation sites is 2. The third-order valence-corrected chi connectivity index (χ3v) is 2.52. The van der Waals surface area contributed by atoms with Crippen LogP contribution in [0.5, 0.6) is 11.5 Å². The quantitative estimate of drug-likeness (QED) is 0.758. The van der Waals surface area contributed by atoms with Gasteiger partial charge in [-0.05, 0) is 24.3 Å². The first-order valence-corrected chi connectivity index (χ1v) is 5.91. The van der Waals surface area contributed by atoms with Gasteiger partial charge in [0.05, 0.1) is 5.56 Å². The molecule has 0 saturated heterocycles. The van der Waals surface area contributed by atoms with Gasteiger partial charge >= 0.3 is 6.61 Å². The van der Waals surface area contributed by atoms with Gasteiger partial charge in [0.1, 0.15) is 11.5 Å². The predicted molar refractivity (Wildman–Crippen MR) is 69.3 cm³/mol. The highest BCUT2D eigenvalue weighted by molar-refractivity contribution is 5.99. The van der Waals surface area contributed by atoms with Gasteiger partial charge in [-0.25, -0.2) is 0 Å². The lowest BCUT2D eigenvalue weighted by molar-refractivity contribution is -0.0501. The van der Waals surface area contributed by atoms with Crippen LogP contribution in [-0.2, 0) is 0 Å². The molecule has 0 spiro atoms. The van der Waals surface area contributed by atoms with Gasteiger partial charge in [-0.3, -0.25) is 4.79 Å². The lowest BCUT2D eigenvalue weighted by atomic mass is 10.1. The fourth-order valence-corrected chi connectivity index (χ4v) is 1.64. The van der Waals surface area contributed by atoms with Crippen molar-refractivity contribution in [2.45, 2.75) is 6.61 Å². The Hall–Kier alpha value is -2.43. The summed E-state index contributed by atoms with van der Waals surface area (Å²) in [6.07, 6.45) is 0. The maximum Gasteiger partial charge on any atom is 0.387 e. The van der Waals surface area contributed by atoms with Crippen LogP contribution < -0.4 is 9.47 Å². The van der Waals surface area contributed by atoms with E-state index < -0.39 is 12.4 Å². The van der Waals surface area contributed by atoms with Gasteiger partial charge in [0.25, 0.3) is 0 Å². The first-order valence-electron chi connectivity index (χ1n) is 5.91. The van der Waals surface area contributed by atoms with Gasteiger partial charge in [-0.2, -0.15) is 8.78 Å². The van der Waals surface area contributed by atoms with Crippen molar-refractivity contribution >= 4 is 5.78 Å². The van der Waals surface area contributed by atoms with Crippen molar-refractivity contribution < 1.29 is 23.0 Å². The summed E-state index contributed by atoms with van der Waals surface area (Å²) < 4.78 is 34.1. The molecule has 0 fully saturated rings. The molecule has 0 N–H and O–H groups in total. The van der Waals surface area contributed by atoms with Crippen LogP contribution in [0.4, 0.5) is 8.78 Å². The second-order valence-corrected chi connectivity index (χ2v) is 3.90. The van der Waals surface area contributed by atoms with Crippen LogP contribution in [0.1, 0.15) is 10.4 Å². The van der Waals surface area contributed by atoms with Crippen molar-refractivity contribution in [3.8, 4) is 11.5 Å². The van der Waals surface area contributed by atoms with E-state index in [9.17, 15) is 13.6 Å². The molecule has 0 amide bonds. The molecular formula is C15H12F2O3. The average Bonchev–Trinajstić information content (AvgIpc) is 2.46. The highest BCUT2D eigenvalue weighted by Gasteiger charge is 2.15. The Morgan fingerprint density at radius 3 is 2.35 bits per heavy atom. The summed E-state index contributed by atoms with van der Waals surface area (Å²) in [5.41, 5.74) is 0.0729. The van der Waals surface area contributed by atoms with E-state index in [-0.39, 0.29) is 17.9 Å². The van der Waals surface area contributed by atoms with E-state index in [0.29, 0.717) is 5.75 Å². The van der Waals surface area contributed by atoms with Gasteiger partial charge < -0.3 is 9.47 Å². The van der Waals surface area contributed by atoms with E-state index in [2.05, 4.69) is 4.74 Å². The zero-order valence-electron chi connectivity index (χ0n) is 10.5. The van der Waals surface area contributed by atoms with E-state index in [0.717, 1.165) is 0 Å². The normalized spacial score (nSPS) is 10.3. The minimum absolute atomic E-state index is 0.0729. The number of ketones is 1. The molecule has 0 unspecified atom stereocenters. The fraction of sp³-hybridized carbons (Fsp3) is 0.133. The van der Waals surface area contributed by atoms with Crippen molar-refractivity contribution in [3.05, 3.63) is 60.2 Å². The second kappa shape index (κ2) is 6.65. The van der Waals surface area contributed by atoms with Crippen molar-refractivity contribution in [2.24, 2.45) is 0 Å². The van der Waals surface area contributed by atoms with E-state index in [4.69, 9.17) is 4.74 Å². The maximum atomic E-state index is 12.2. The molecule has 0 aliphatic heterocycles. The molecule has 0 atom stereocenters. The van der Waals surface area contributed by atoms with Crippen LogP contribution in [0.2, 0.25) is 0 Å². The van der Waals surface area contributed by atoms with Gasteiger partial charge in [-0.1, -0.05) is 30.3 Å². The molecule has 0 heterocycles. The monoisotopic (exact) mass is 278 g/mol. The van der Waals surface area contributed by atoms with Gasteiger partial charge in [0.15, 0.2) is 6.61 Å². The summed E-state index contributed by atoms with van der Waals surface area (Å²) >= 11 is 0. The second-order valence-electron chi connectivity index (χ2n) is 3.90. The highest BCUT2D eigenvalue weighted by Crippen LogP contribution is 2.21. The molecule has 5 heteroatoms. The average molecular weight is 278 g/mol. The van der Waals surface area contributed by atoms with Crippen LogP contribution in [-0.4, -0.2) is 19.0 Å². The molecule has 0 aromatic heterocycles. The van der Waals surface area contributed by atoms with Gasteiger partial charge in [-0.15, -0.1) is 0 Å². The summed E-state index contributed by atoms with van der Waals surface area (Å²) in [6.45, 7) is -3.22. The molecule has 2 rings (SSSR count). The molecule has 0 bridgehead atoms. The first kappa shape index (κ1) is 14.0. The Morgan fingerprint density at radius 2 is 1.65 bits per heavy atom. The minimum atomic E-state index is -2.97. The molecule has 3 nitrogen and oxygen atoms in total. The van der Waals surface area contributed by atoms with Crippen molar-refractivity contribution in [3.63, 3.8) is 0 Å². The predicted octanol–water partition coefficient (Wildman–Crippen LogP) is 3.55. The number of hydrogen-bond acceptors (Lipinski definition) is 3. The number of alkyl halides is 2. The molecule has 20 heavy (non-hydrogen) atoms. The topological polar surface area (TPSA) is 35.5 Å².